The molecule has 0 spiro atoms. The number of hydrogen-bond acceptors (Lipinski definition) is 2. The lowest BCUT2D eigenvalue weighted by molar-refractivity contribution is -0.140. The van der Waals surface area contributed by atoms with Gasteiger partial charge in [-0.2, -0.15) is 0 Å². The lowest BCUT2D eigenvalue weighted by atomic mass is 10.5. The van der Waals surface area contributed by atoms with Gasteiger partial charge in [0.25, 0.3) is 0 Å². The van der Waals surface area contributed by atoms with Gasteiger partial charge in [0.2, 0.25) is 0 Å². The first-order valence-corrected chi connectivity index (χ1v) is 4.16. The van der Waals surface area contributed by atoms with E-state index in [-0.39, 0.29) is 5.97 Å². The Morgan fingerprint density at radius 3 is 2.78 bits per heavy atom. The van der Waals surface area contributed by atoms with E-state index in [1.807, 2.05) is 0 Å². The minimum atomic E-state index is -0.151. The standard InChI is InChI=1S/C6H9BrO2/c7-3-6(8)9-4-5-1-2-5/h5H,1-4H2. The molecule has 0 bridgehead atoms. The van der Waals surface area contributed by atoms with Crippen molar-refractivity contribution in [2.45, 2.75) is 12.8 Å². The van der Waals surface area contributed by atoms with Gasteiger partial charge in [0, 0.05) is 0 Å². The van der Waals surface area contributed by atoms with Crippen LogP contribution in [0.3, 0.4) is 0 Å². The molecule has 0 N–H and O–H groups in total. The second kappa shape index (κ2) is 3.20. The molecule has 52 valence electrons. The predicted molar refractivity (Wildman–Crippen MR) is 37.5 cm³/mol. The van der Waals surface area contributed by atoms with Crippen LogP contribution in [-0.2, 0) is 9.53 Å². The number of carbonyl (C=O) groups is 1. The molecule has 0 radical (unpaired) electrons. The van der Waals surface area contributed by atoms with Crippen LogP contribution >= 0.6 is 15.9 Å². The van der Waals surface area contributed by atoms with Crippen LogP contribution in [0.25, 0.3) is 0 Å². The van der Waals surface area contributed by atoms with E-state index in [1.54, 1.807) is 0 Å². The second-order valence-corrected chi connectivity index (χ2v) is 2.82. The molecule has 1 rings (SSSR count). The lowest BCUT2D eigenvalue weighted by Gasteiger charge is -1.97. The fourth-order valence-electron chi connectivity index (χ4n) is 0.534. The molecule has 1 aliphatic rings. The lowest BCUT2D eigenvalue weighted by Crippen LogP contribution is -2.07. The van der Waals surface area contributed by atoms with Crippen LogP contribution in [0.1, 0.15) is 12.8 Å². The minimum Gasteiger partial charge on any atom is -0.465 e. The summed E-state index contributed by atoms with van der Waals surface area (Å²) in [6.45, 7) is 0.629. The number of rotatable bonds is 3. The highest BCUT2D eigenvalue weighted by Gasteiger charge is 2.22. The van der Waals surface area contributed by atoms with Crippen LogP contribution in [0, 0.1) is 5.92 Å². The molecule has 1 fully saturated rings. The fourth-order valence-corrected chi connectivity index (χ4v) is 0.696. The SMILES string of the molecule is O=C(CBr)OCC1CC1. The van der Waals surface area contributed by atoms with Gasteiger partial charge in [-0.3, -0.25) is 4.79 Å². The molecule has 0 unspecified atom stereocenters. The first-order chi connectivity index (χ1) is 4.33. The molecule has 0 aromatic rings. The number of halogens is 1. The highest BCUT2D eigenvalue weighted by molar-refractivity contribution is 9.09. The third-order valence-corrected chi connectivity index (χ3v) is 1.74. The molecule has 0 saturated heterocycles. The van der Waals surface area contributed by atoms with Crippen molar-refractivity contribution >= 4 is 21.9 Å². The van der Waals surface area contributed by atoms with Crippen molar-refractivity contribution < 1.29 is 9.53 Å². The van der Waals surface area contributed by atoms with E-state index in [9.17, 15) is 4.79 Å². The minimum absolute atomic E-state index is 0.151. The van der Waals surface area contributed by atoms with E-state index in [2.05, 4.69) is 15.9 Å². The van der Waals surface area contributed by atoms with Crippen molar-refractivity contribution in [3.8, 4) is 0 Å². The maximum absolute atomic E-state index is 10.5. The molecule has 9 heavy (non-hydrogen) atoms. The topological polar surface area (TPSA) is 26.3 Å². The first kappa shape index (κ1) is 7.06. The summed E-state index contributed by atoms with van der Waals surface area (Å²) < 4.78 is 4.83. The van der Waals surface area contributed by atoms with Gasteiger partial charge < -0.3 is 4.74 Å². The second-order valence-electron chi connectivity index (χ2n) is 2.26. The third kappa shape index (κ3) is 2.84. The summed E-state index contributed by atoms with van der Waals surface area (Å²) in [5, 5.41) is 0.319. The van der Waals surface area contributed by atoms with Gasteiger partial charge in [0.1, 0.15) is 5.33 Å². The van der Waals surface area contributed by atoms with Gasteiger partial charge in [-0.25, -0.2) is 0 Å². The van der Waals surface area contributed by atoms with Crippen LogP contribution in [-0.4, -0.2) is 17.9 Å². The maximum atomic E-state index is 10.5. The molecule has 2 nitrogen and oxygen atoms in total. The quantitative estimate of drug-likeness (QED) is 0.499. The third-order valence-electron chi connectivity index (χ3n) is 1.29. The summed E-state index contributed by atoms with van der Waals surface area (Å²) >= 11 is 3.01. The van der Waals surface area contributed by atoms with Crippen molar-refractivity contribution in [3.05, 3.63) is 0 Å². The van der Waals surface area contributed by atoms with Crippen LogP contribution < -0.4 is 0 Å². The summed E-state index contributed by atoms with van der Waals surface area (Å²) in [5.41, 5.74) is 0. The Bertz CT molecular complexity index is 110. The van der Waals surface area contributed by atoms with Gasteiger partial charge in [-0.15, -0.1) is 0 Å². The van der Waals surface area contributed by atoms with Gasteiger partial charge in [-0.1, -0.05) is 15.9 Å². The van der Waals surface area contributed by atoms with Crippen LogP contribution in [0.15, 0.2) is 0 Å². The molecular weight excluding hydrogens is 184 g/mol. The van der Waals surface area contributed by atoms with Gasteiger partial charge >= 0.3 is 5.97 Å². The zero-order valence-electron chi connectivity index (χ0n) is 5.10. The fraction of sp³-hybridized carbons (Fsp3) is 0.833. The Morgan fingerprint density at radius 2 is 2.33 bits per heavy atom. The van der Waals surface area contributed by atoms with E-state index >= 15 is 0 Å². The Balaban J connectivity index is 1.96. The monoisotopic (exact) mass is 192 g/mol. The van der Waals surface area contributed by atoms with Gasteiger partial charge in [0.05, 0.1) is 6.61 Å². The number of alkyl halides is 1. The Labute approximate surface area is 62.7 Å². The summed E-state index contributed by atoms with van der Waals surface area (Å²) in [6, 6.07) is 0. The summed E-state index contributed by atoms with van der Waals surface area (Å²) in [4.78, 5) is 10.5. The smallest absolute Gasteiger partial charge is 0.316 e. The van der Waals surface area contributed by atoms with Crippen molar-refractivity contribution in [1.29, 1.82) is 0 Å². The van der Waals surface area contributed by atoms with E-state index in [4.69, 9.17) is 4.74 Å². The van der Waals surface area contributed by atoms with Crippen LogP contribution in [0.2, 0.25) is 0 Å². The summed E-state index contributed by atoms with van der Waals surface area (Å²) in [6.07, 6.45) is 2.46. The number of carbonyl (C=O) groups excluding carboxylic acids is 1. The van der Waals surface area contributed by atoms with E-state index in [1.165, 1.54) is 12.8 Å². The summed E-state index contributed by atoms with van der Waals surface area (Å²) in [5.74, 6) is 0.523. The Hall–Kier alpha value is -0.0500. The first-order valence-electron chi connectivity index (χ1n) is 3.04. The predicted octanol–water partition coefficient (Wildman–Crippen LogP) is 1.33. The Kier molecular flexibility index (Phi) is 2.51. The van der Waals surface area contributed by atoms with Crippen molar-refractivity contribution in [2.75, 3.05) is 11.9 Å². The van der Waals surface area contributed by atoms with Gasteiger partial charge in [0.15, 0.2) is 0 Å². The van der Waals surface area contributed by atoms with Crippen molar-refractivity contribution in [3.63, 3.8) is 0 Å². The normalized spacial score (nSPS) is 17.4. The summed E-state index contributed by atoms with van der Waals surface area (Å²) in [7, 11) is 0. The van der Waals surface area contributed by atoms with Crippen LogP contribution in [0.4, 0.5) is 0 Å². The van der Waals surface area contributed by atoms with E-state index in [0.717, 1.165) is 0 Å². The number of esters is 1. The Morgan fingerprint density at radius 1 is 1.67 bits per heavy atom. The molecule has 1 saturated carbocycles. The average molecular weight is 193 g/mol. The molecular formula is C6H9BrO2. The van der Waals surface area contributed by atoms with E-state index < -0.39 is 0 Å². The number of hydrogen-bond donors (Lipinski definition) is 0. The van der Waals surface area contributed by atoms with Crippen LogP contribution in [0.5, 0.6) is 0 Å². The molecule has 0 heterocycles. The number of ether oxygens (including phenoxy) is 1. The average Bonchev–Trinajstić information content (AvgIpc) is 2.65. The highest BCUT2D eigenvalue weighted by Crippen LogP contribution is 2.28. The molecule has 0 aromatic heterocycles. The van der Waals surface area contributed by atoms with E-state index in [0.29, 0.717) is 17.9 Å². The molecule has 1 aliphatic carbocycles. The molecule has 0 amide bonds. The largest absolute Gasteiger partial charge is 0.465 e. The molecule has 0 atom stereocenters. The highest BCUT2D eigenvalue weighted by atomic mass is 79.9. The zero-order chi connectivity index (χ0) is 6.69. The molecule has 0 aliphatic heterocycles. The maximum Gasteiger partial charge on any atom is 0.316 e. The van der Waals surface area contributed by atoms with Crippen molar-refractivity contribution in [1.82, 2.24) is 0 Å². The molecule has 0 aromatic carbocycles. The molecule has 3 heteroatoms. The van der Waals surface area contributed by atoms with Gasteiger partial charge in [-0.05, 0) is 18.8 Å². The van der Waals surface area contributed by atoms with Crippen molar-refractivity contribution in [2.24, 2.45) is 5.92 Å². The zero-order valence-corrected chi connectivity index (χ0v) is 6.69.